The minimum Gasteiger partial charge on any atom is -0.457 e. The Morgan fingerprint density at radius 3 is 2.17 bits per heavy atom. The van der Waals surface area contributed by atoms with Gasteiger partial charge in [-0.2, -0.15) is 0 Å². The van der Waals surface area contributed by atoms with Crippen LogP contribution in [-0.2, 0) is 6.42 Å². The van der Waals surface area contributed by atoms with E-state index < -0.39 is 17.6 Å². The predicted molar refractivity (Wildman–Crippen MR) is 115 cm³/mol. The molecule has 0 amide bonds. The normalized spacial score (nSPS) is 13.2. The summed E-state index contributed by atoms with van der Waals surface area (Å²) >= 11 is 5.93. The molecule has 0 aliphatic rings. The van der Waals surface area contributed by atoms with E-state index >= 15 is 4.39 Å². The van der Waals surface area contributed by atoms with Crippen LogP contribution in [-0.4, -0.2) is 0 Å². The van der Waals surface area contributed by atoms with Gasteiger partial charge in [-0.1, -0.05) is 67.9 Å². The molecule has 0 heterocycles. The Balaban J connectivity index is 1.81. The Kier molecular flexibility index (Phi) is 7.05. The topological polar surface area (TPSA) is 9.23 Å². The van der Waals surface area contributed by atoms with Crippen LogP contribution < -0.4 is 4.74 Å². The third-order valence-corrected chi connectivity index (χ3v) is 4.92. The average molecular weight is 413 g/mol. The van der Waals surface area contributed by atoms with Crippen LogP contribution in [0.25, 0.3) is 0 Å². The summed E-state index contributed by atoms with van der Waals surface area (Å²) in [5.41, 5.74) is 1.35. The Morgan fingerprint density at radius 2 is 1.52 bits per heavy atom. The highest BCUT2D eigenvalue weighted by Crippen LogP contribution is 2.36. The predicted octanol–water partition coefficient (Wildman–Crippen LogP) is 8.27. The van der Waals surface area contributed by atoms with Crippen molar-refractivity contribution in [3.63, 3.8) is 0 Å². The summed E-state index contributed by atoms with van der Waals surface area (Å²) in [5, 5.41) is 0.566. The molecular formula is C25H23ClF2O. The molecule has 29 heavy (non-hydrogen) atoms. The zero-order valence-electron chi connectivity index (χ0n) is 16.4. The summed E-state index contributed by atoms with van der Waals surface area (Å²) in [6.07, 6.45) is -0.130. The molecule has 0 saturated heterocycles. The molecule has 1 nitrogen and oxygen atoms in total. The van der Waals surface area contributed by atoms with Crippen LogP contribution in [0, 0.1) is 5.92 Å². The van der Waals surface area contributed by atoms with Gasteiger partial charge in [0.2, 0.25) is 0 Å². The first kappa shape index (κ1) is 21.1. The van der Waals surface area contributed by atoms with Gasteiger partial charge >= 0.3 is 0 Å². The van der Waals surface area contributed by atoms with Gasteiger partial charge in [-0.3, -0.25) is 0 Å². The number of hydrogen-bond acceptors (Lipinski definition) is 1. The average Bonchev–Trinajstić information content (AvgIpc) is 2.70. The largest absolute Gasteiger partial charge is 0.457 e. The van der Waals surface area contributed by atoms with E-state index in [1.807, 2.05) is 44.2 Å². The van der Waals surface area contributed by atoms with Gasteiger partial charge < -0.3 is 4.74 Å². The fourth-order valence-corrected chi connectivity index (χ4v) is 3.40. The van der Waals surface area contributed by atoms with Crippen molar-refractivity contribution < 1.29 is 13.5 Å². The van der Waals surface area contributed by atoms with Crippen molar-refractivity contribution in [2.75, 3.05) is 0 Å². The number of rotatable bonds is 7. The molecule has 1 unspecified atom stereocenters. The van der Waals surface area contributed by atoms with Gasteiger partial charge in [0.1, 0.15) is 23.2 Å². The molecule has 3 aromatic rings. The third kappa shape index (κ3) is 5.68. The molecule has 4 heteroatoms. The molecule has 0 bridgehead atoms. The van der Waals surface area contributed by atoms with Crippen LogP contribution in [0.3, 0.4) is 0 Å². The molecule has 0 aliphatic carbocycles. The van der Waals surface area contributed by atoms with Crippen LogP contribution in [0.5, 0.6) is 11.5 Å². The molecule has 3 aromatic carbocycles. The van der Waals surface area contributed by atoms with Gasteiger partial charge in [0.15, 0.2) is 0 Å². The minimum atomic E-state index is -0.768. The van der Waals surface area contributed by atoms with Gasteiger partial charge in [-0.05, 0) is 53.4 Å². The van der Waals surface area contributed by atoms with E-state index in [9.17, 15) is 4.39 Å². The molecule has 0 spiro atoms. The maximum Gasteiger partial charge on any atom is 0.139 e. The van der Waals surface area contributed by atoms with Gasteiger partial charge in [0.25, 0.3) is 0 Å². The number of benzene rings is 3. The summed E-state index contributed by atoms with van der Waals surface area (Å²) in [6, 6.07) is 23.3. The van der Waals surface area contributed by atoms with E-state index in [1.165, 1.54) is 0 Å². The van der Waals surface area contributed by atoms with Gasteiger partial charge in [-0.15, -0.1) is 0 Å². The van der Waals surface area contributed by atoms with Gasteiger partial charge in [0.05, 0.1) is 0 Å². The first-order valence-corrected chi connectivity index (χ1v) is 9.93. The summed E-state index contributed by atoms with van der Waals surface area (Å²) in [7, 11) is 0. The van der Waals surface area contributed by atoms with E-state index in [0.29, 0.717) is 27.6 Å². The Bertz CT molecular complexity index is 966. The maximum absolute atomic E-state index is 15.1. The van der Waals surface area contributed by atoms with Crippen molar-refractivity contribution in [1.82, 2.24) is 0 Å². The Labute approximate surface area is 175 Å². The second kappa shape index (κ2) is 9.71. The molecule has 0 aliphatic heterocycles. The van der Waals surface area contributed by atoms with Crippen molar-refractivity contribution in [1.29, 1.82) is 0 Å². The highest BCUT2D eigenvalue weighted by atomic mass is 35.5. The number of allylic oxidation sites excluding steroid dienone is 2. The lowest BCUT2D eigenvalue weighted by Gasteiger charge is -2.20. The monoisotopic (exact) mass is 412 g/mol. The number of para-hydroxylation sites is 1. The maximum atomic E-state index is 15.1. The molecule has 0 N–H and O–H groups in total. The summed E-state index contributed by atoms with van der Waals surface area (Å²) in [5.74, 6) is -0.993. The summed E-state index contributed by atoms with van der Waals surface area (Å²) in [6.45, 7) is 3.75. The lowest BCUT2D eigenvalue weighted by atomic mass is 9.86. The second-order valence-electron chi connectivity index (χ2n) is 7.27. The summed E-state index contributed by atoms with van der Waals surface area (Å²) in [4.78, 5) is 0. The number of hydrogen-bond donors (Lipinski definition) is 0. The quantitative estimate of drug-likeness (QED) is 0.379. The highest BCUT2D eigenvalue weighted by Gasteiger charge is 2.24. The van der Waals surface area contributed by atoms with E-state index in [4.69, 9.17) is 16.3 Å². The highest BCUT2D eigenvalue weighted by molar-refractivity contribution is 6.30. The van der Waals surface area contributed by atoms with Crippen LogP contribution in [0.1, 0.15) is 30.9 Å². The van der Waals surface area contributed by atoms with E-state index in [0.717, 1.165) is 0 Å². The Morgan fingerprint density at radius 1 is 0.862 bits per heavy atom. The van der Waals surface area contributed by atoms with Gasteiger partial charge in [-0.25, -0.2) is 8.78 Å². The van der Waals surface area contributed by atoms with Gasteiger partial charge in [0, 0.05) is 17.4 Å². The van der Waals surface area contributed by atoms with E-state index in [2.05, 4.69) is 0 Å². The molecule has 3 rings (SSSR count). The Hall–Kier alpha value is -2.65. The van der Waals surface area contributed by atoms with Crippen molar-refractivity contribution in [3.05, 3.63) is 107 Å². The second-order valence-corrected chi connectivity index (χ2v) is 7.70. The van der Waals surface area contributed by atoms with Crippen molar-refractivity contribution in [2.45, 2.75) is 26.2 Å². The first-order valence-electron chi connectivity index (χ1n) is 9.55. The van der Waals surface area contributed by atoms with Crippen molar-refractivity contribution >= 4 is 11.6 Å². The van der Waals surface area contributed by atoms with Crippen LogP contribution >= 0.6 is 11.6 Å². The number of halogens is 3. The minimum absolute atomic E-state index is 0.102. The van der Waals surface area contributed by atoms with Crippen molar-refractivity contribution in [2.24, 2.45) is 5.92 Å². The molecule has 0 aromatic heterocycles. The zero-order valence-corrected chi connectivity index (χ0v) is 17.2. The molecule has 150 valence electrons. The lowest BCUT2D eigenvalue weighted by Crippen LogP contribution is -2.09. The first-order chi connectivity index (χ1) is 13.9. The standard InChI is InChI=1S/C25H23ClF2O/c1-17(2)24(19-11-13-20(26)14-12-19)25(28)23(27)16-18-7-6-10-22(15-18)29-21-8-4-3-5-9-21/h3-15,17,24H,16H2,1-2H3/b25-23+. The lowest BCUT2D eigenvalue weighted by molar-refractivity contribution is 0.415. The van der Waals surface area contributed by atoms with Crippen LogP contribution in [0.2, 0.25) is 5.02 Å². The smallest absolute Gasteiger partial charge is 0.139 e. The molecule has 0 saturated carbocycles. The van der Waals surface area contributed by atoms with E-state index in [-0.39, 0.29) is 12.3 Å². The van der Waals surface area contributed by atoms with Crippen LogP contribution in [0.4, 0.5) is 8.78 Å². The summed E-state index contributed by atoms with van der Waals surface area (Å²) < 4.78 is 35.7. The fraction of sp³-hybridized carbons (Fsp3) is 0.200. The van der Waals surface area contributed by atoms with Crippen molar-refractivity contribution in [3.8, 4) is 11.5 Å². The van der Waals surface area contributed by atoms with E-state index in [1.54, 1.807) is 48.5 Å². The molecule has 1 atom stereocenters. The third-order valence-electron chi connectivity index (χ3n) is 4.66. The van der Waals surface area contributed by atoms with Crippen LogP contribution in [0.15, 0.2) is 90.5 Å². The molecular weight excluding hydrogens is 390 g/mol. The SMILES string of the molecule is CC(C)C(/C(F)=C(\F)Cc1cccc(Oc2ccccc2)c1)c1ccc(Cl)cc1. The fourth-order valence-electron chi connectivity index (χ4n) is 3.27. The number of ether oxygens (including phenoxy) is 1. The molecule has 0 radical (unpaired) electrons. The zero-order chi connectivity index (χ0) is 20.8. The molecule has 0 fully saturated rings.